The van der Waals surface area contributed by atoms with Crippen molar-refractivity contribution in [1.29, 1.82) is 0 Å². The van der Waals surface area contributed by atoms with Gasteiger partial charge in [-0.3, -0.25) is 0 Å². The van der Waals surface area contributed by atoms with Gasteiger partial charge < -0.3 is 5.11 Å². The standard InChI is InChI=1S/C17H10BrClO2/c18-15-7-5-10(9-14(15)17(20)21)11-6-8-16(19)13-4-2-1-3-12(11)13/h1-9H,(H,20,21). The molecule has 104 valence electrons. The first kappa shape index (κ1) is 14.1. The summed E-state index contributed by atoms with van der Waals surface area (Å²) in [6.45, 7) is 0. The molecule has 0 aliphatic carbocycles. The van der Waals surface area contributed by atoms with E-state index in [1.165, 1.54) is 0 Å². The number of carboxylic acids is 1. The highest BCUT2D eigenvalue weighted by molar-refractivity contribution is 9.10. The van der Waals surface area contributed by atoms with Gasteiger partial charge in [0, 0.05) is 14.9 Å². The summed E-state index contributed by atoms with van der Waals surface area (Å²) < 4.78 is 0.567. The van der Waals surface area contributed by atoms with Crippen molar-refractivity contribution in [3.05, 3.63) is 69.7 Å². The van der Waals surface area contributed by atoms with Gasteiger partial charge in [-0.15, -0.1) is 0 Å². The summed E-state index contributed by atoms with van der Waals surface area (Å²) in [4.78, 5) is 11.3. The Kier molecular flexibility index (Phi) is 3.70. The van der Waals surface area contributed by atoms with Crippen molar-refractivity contribution >= 4 is 44.3 Å². The normalized spacial score (nSPS) is 10.8. The number of fused-ring (bicyclic) bond motifs is 1. The minimum Gasteiger partial charge on any atom is -0.478 e. The highest BCUT2D eigenvalue weighted by Gasteiger charge is 2.12. The molecule has 0 spiro atoms. The minimum absolute atomic E-state index is 0.242. The summed E-state index contributed by atoms with van der Waals surface area (Å²) in [6, 6.07) is 16.9. The zero-order valence-corrected chi connectivity index (χ0v) is 13.1. The molecule has 3 rings (SSSR count). The molecular formula is C17H10BrClO2. The molecule has 2 nitrogen and oxygen atoms in total. The summed E-state index contributed by atoms with van der Waals surface area (Å²) in [5.41, 5.74) is 2.06. The molecule has 0 radical (unpaired) electrons. The molecule has 0 atom stereocenters. The summed E-state index contributed by atoms with van der Waals surface area (Å²) in [6.07, 6.45) is 0. The van der Waals surface area contributed by atoms with Crippen LogP contribution >= 0.6 is 27.5 Å². The SMILES string of the molecule is O=C(O)c1cc(-c2ccc(Cl)c3ccccc23)ccc1Br. The Bertz CT molecular complexity index is 859. The molecule has 21 heavy (non-hydrogen) atoms. The largest absolute Gasteiger partial charge is 0.478 e. The fourth-order valence-electron chi connectivity index (χ4n) is 2.37. The Morgan fingerprint density at radius 3 is 2.43 bits per heavy atom. The molecule has 0 fully saturated rings. The van der Waals surface area contributed by atoms with E-state index in [1.54, 1.807) is 12.1 Å². The predicted molar refractivity (Wildman–Crippen MR) is 89.1 cm³/mol. The minimum atomic E-state index is -0.956. The molecule has 3 aromatic carbocycles. The van der Waals surface area contributed by atoms with Crippen LogP contribution in [-0.2, 0) is 0 Å². The molecule has 3 aromatic rings. The maximum absolute atomic E-state index is 11.3. The van der Waals surface area contributed by atoms with E-state index in [1.807, 2.05) is 42.5 Å². The fourth-order valence-corrected chi connectivity index (χ4v) is 3.01. The third-order valence-electron chi connectivity index (χ3n) is 3.38. The van der Waals surface area contributed by atoms with Gasteiger partial charge in [-0.1, -0.05) is 48.0 Å². The molecule has 0 unspecified atom stereocenters. The average Bonchev–Trinajstić information content (AvgIpc) is 2.48. The molecule has 4 heteroatoms. The Hall–Kier alpha value is -1.84. The first-order valence-electron chi connectivity index (χ1n) is 6.28. The third-order valence-corrected chi connectivity index (χ3v) is 4.40. The molecule has 0 aliphatic rings. The summed E-state index contributed by atoms with van der Waals surface area (Å²) in [7, 11) is 0. The zero-order valence-electron chi connectivity index (χ0n) is 10.8. The van der Waals surface area contributed by atoms with E-state index >= 15 is 0 Å². The third kappa shape index (κ3) is 2.55. The van der Waals surface area contributed by atoms with Crippen LogP contribution in [0, 0.1) is 0 Å². The molecule has 0 aromatic heterocycles. The number of benzene rings is 3. The Morgan fingerprint density at radius 2 is 1.71 bits per heavy atom. The first-order valence-corrected chi connectivity index (χ1v) is 7.45. The van der Waals surface area contributed by atoms with Gasteiger partial charge in [0.1, 0.15) is 0 Å². The van der Waals surface area contributed by atoms with E-state index in [2.05, 4.69) is 15.9 Å². The smallest absolute Gasteiger partial charge is 0.336 e. The van der Waals surface area contributed by atoms with Crippen LogP contribution in [0.1, 0.15) is 10.4 Å². The second-order valence-electron chi connectivity index (χ2n) is 4.64. The van der Waals surface area contributed by atoms with E-state index in [-0.39, 0.29) is 5.56 Å². The first-order chi connectivity index (χ1) is 10.1. The van der Waals surface area contributed by atoms with Crippen molar-refractivity contribution in [3.63, 3.8) is 0 Å². The second-order valence-corrected chi connectivity index (χ2v) is 5.90. The predicted octanol–water partition coefficient (Wildman–Crippen LogP) is 5.62. The summed E-state index contributed by atoms with van der Waals surface area (Å²) >= 11 is 9.48. The quantitative estimate of drug-likeness (QED) is 0.643. The van der Waals surface area contributed by atoms with E-state index in [4.69, 9.17) is 11.6 Å². The molecule has 0 amide bonds. The van der Waals surface area contributed by atoms with Crippen LogP contribution in [0.2, 0.25) is 5.02 Å². The molecule has 0 aliphatic heterocycles. The number of hydrogen-bond acceptors (Lipinski definition) is 1. The number of aromatic carboxylic acids is 1. The van der Waals surface area contributed by atoms with Crippen LogP contribution in [0.4, 0.5) is 0 Å². The van der Waals surface area contributed by atoms with Crippen LogP contribution in [0.3, 0.4) is 0 Å². The van der Waals surface area contributed by atoms with Crippen LogP contribution in [0.15, 0.2) is 59.1 Å². The van der Waals surface area contributed by atoms with Gasteiger partial charge in [0.15, 0.2) is 0 Å². The lowest BCUT2D eigenvalue weighted by molar-refractivity contribution is 0.0696. The molecule has 1 N–H and O–H groups in total. The van der Waals surface area contributed by atoms with Crippen LogP contribution < -0.4 is 0 Å². The summed E-state index contributed by atoms with van der Waals surface area (Å²) in [5, 5.41) is 11.9. The molecule has 0 saturated heterocycles. The Balaban J connectivity index is 2.29. The van der Waals surface area contributed by atoms with Gasteiger partial charge >= 0.3 is 5.97 Å². The van der Waals surface area contributed by atoms with Crippen molar-refractivity contribution in [2.45, 2.75) is 0 Å². The lowest BCUT2D eigenvalue weighted by Crippen LogP contribution is -1.98. The lowest BCUT2D eigenvalue weighted by atomic mass is 9.97. The topological polar surface area (TPSA) is 37.3 Å². The van der Waals surface area contributed by atoms with Crippen molar-refractivity contribution in [1.82, 2.24) is 0 Å². The molecule has 0 bridgehead atoms. The maximum Gasteiger partial charge on any atom is 0.336 e. The number of hydrogen-bond donors (Lipinski definition) is 1. The molecule has 0 heterocycles. The van der Waals surface area contributed by atoms with Gasteiger partial charge in [-0.05, 0) is 50.6 Å². The molecular weight excluding hydrogens is 352 g/mol. The van der Waals surface area contributed by atoms with Gasteiger partial charge in [0.2, 0.25) is 0 Å². The van der Waals surface area contributed by atoms with E-state index in [0.29, 0.717) is 9.50 Å². The number of rotatable bonds is 2. The Morgan fingerprint density at radius 1 is 1.00 bits per heavy atom. The summed E-state index contributed by atoms with van der Waals surface area (Å²) in [5.74, 6) is -0.956. The van der Waals surface area contributed by atoms with Gasteiger partial charge in [-0.25, -0.2) is 4.79 Å². The van der Waals surface area contributed by atoms with Crippen molar-refractivity contribution < 1.29 is 9.90 Å². The van der Waals surface area contributed by atoms with Gasteiger partial charge in [-0.2, -0.15) is 0 Å². The second kappa shape index (κ2) is 5.51. The molecule has 0 saturated carbocycles. The van der Waals surface area contributed by atoms with Gasteiger partial charge in [0.05, 0.1) is 5.56 Å². The highest BCUT2D eigenvalue weighted by atomic mass is 79.9. The number of carbonyl (C=O) groups is 1. The van der Waals surface area contributed by atoms with Gasteiger partial charge in [0.25, 0.3) is 0 Å². The van der Waals surface area contributed by atoms with E-state index < -0.39 is 5.97 Å². The van der Waals surface area contributed by atoms with Crippen molar-refractivity contribution in [2.24, 2.45) is 0 Å². The monoisotopic (exact) mass is 360 g/mol. The highest BCUT2D eigenvalue weighted by Crippen LogP contribution is 2.34. The zero-order chi connectivity index (χ0) is 15.0. The van der Waals surface area contributed by atoms with Crippen molar-refractivity contribution in [2.75, 3.05) is 0 Å². The van der Waals surface area contributed by atoms with Crippen LogP contribution in [0.5, 0.6) is 0 Å². The Labute approximate surface area is 135 Å². The fraction of sp³-hybridized carbons (Fsp3) is 0. The van der Waals surface area contributed by atoms with E-state index in [9.17, 15) is 9.90 Å². The van der Waals surface area contributed by atoms with Crippen molar-refractivity contribution in [3.8, 4) is 11.1 Å². The number of halogens is 2. The maximum atomic E-state index is 11.3. The van der Waals surface area contributed by atoms with Crippen LogP contribution in [0.25, 0.3) is 21.9 Å². The van der Waals surface area contributed by atoms with E-state index in [0.717, 1.165) is 21.9 Å². The number of carboxylic acid groups (broad SMARTS) is 1. The lowest BCUT2D eigenvalue weighted by Gasteiger charge is -2.10. The average molecular weight is 362 g/mol. The van der Waals surface area contributed by atoms with Crippen LogP contribution in [-0.4, -0.2) is 11.1 Å².